The van der Waals surface area contributed by atoms with Crippen LogP contribution in [0.15, 0.2) is 35.8 Å². The Morgan fingerprint density at radius 3 is 2.71 bits per heavy atom. The van der Waals surface area contributed by atoms with E-state index in [9.17, 15) is 0 Å². The molecule has 0 saturated heterocycles. The fraction of sp³-hybridized carbons (Fsp3) is 0.267. The third-order valence-corrected chi connectivity index (χ3v) is 4.12. The number of ether oxygens (including phenoxy) is 1. The molecule has 0 spiro atoms. The highest BCUT2D eigenvalue weighted by atomic mass is 32.1. The van der Waals surface area contributed by atoms with Crippen LogP contribution in [-0.2, 0) is 6.54 Å². The van der Waals surface area contributed by atoms with Crippen molar-refractivity contribution in [1.82, 2.24) is 9.38 Å². The summed E-state index contributed by atoms with van der Waals surface area (Å²) < 4.78 is 7.42. The second-order valence-electron chi connectivity index (χ2n) is 4.92. The van der Waals surface area contributed by atoms with Crippen molar-refractivity contribution in [3.63, 3.8) is 0 Å². The maximum atomic E-state index is 5.36. The Bertz CT molecular complexity index is 730. The van der Waals surface area contributed by atoms with E-state index < -0.39 is 0 Å². The number of imidazole rings is 1. The number of nitrogens with one attached hydrogen (secondary N) is 1. The largest absolute Gasteiger partial charge is 0.480 e. The van der Waals surface area contributed by atoms with Gasteiger partial charge in [0.05, 0.1) is 13.7 Å². The van der Waals surface area contributed by atoms with E-state index in [2.05, 4.69) is 43.9 Å². The van der Waals surface area contributed by atoms with Crippen molar-refractivity contribution in [3.05, 3.63) is 41.5 Å². The van der Waals surface area contributed by atoms with E-state index in [1.54, 1.807) is 18.4 Å². The number of rotatable bonds is 5. The minimum Gasteiger partial charge on any atom is -0.480 e. The van der Waals surface area contributed by atoms with Crippen molar-refractivity contribution in [3.8, 4) is 5.88 Å². The van der Waals surface area contributed by atoms with Gasteiger partial charge in [-0.2, -0.15) is 4.98 Å². The van der Waals surface area contributed by atoms with Gasteiger partial charge in [-0.1, -0.05) is 0 Å². The number of nitrogens with zero attached hydrogens (tertiary/aromatic N) is 3. The van der Waals surface area contributed by atoms with Gasteiger partial charge >= 0.3 is 0 Å². The molecule has 1 aromatic carbocycles. The second kappa shape index (κ2) is 5.65. The number of methoxy groups -OCH3 is 1. The van der Waals surface area contributed by atoms with Gasteiger partial charge in [-0.15, -0.1) is 11.3 Å². The molecule has 3 aromatic rings. The quantitative estimate of drug-likeness (QED) is 0.786. The molecule has 2 aromatic heterocycles. The molecule has 0 fully saturated rings. The lowest BCUT2D eigenvalue weighted by Gasteiger charge is -2.13. The van der Waals surface area contributed by atoms with Crippen LogP contribution in [0.5, 0.6) is 5.88 Å². The Hall–Kier alpha value is -2.21. The zero-order valence-electron chi connectivity index (χ0n) is 12.3. The van der Waals surface area contributed by atoms with Gasteiger partial charge in [0.25, 0.3) is 0 Å². The molecule has 0 aliphatic heterocycles. The first-order valence-electron chi connectivity index (χ1n) is 6.68. The molecule has 21 heavy (non-hydrogen) atoms. The molecule has 0 unspecified atom stereocenters. The lowest BCUT2D eigenvalue weighted by Crippen LogP contribution is -2.08. The van der Waals surface area contributed by atoms with Crippen LogP contribution in [0.2, 0.25) is 0 Å². The minimum atomic E-state index is 0.669. The normalized spacial score (nSPS) is 10.8. The van der Waals surface area contributed by atoms with Crippen molar-refractivity contribution in [1.29, 1.82) is 0 Å². The van der Waals surface area contributed by atoms with Crippen LogP contribution in [0.4, 0.5) is 11.4 Å². The molecule has 3 rings (SSSR count). The van der Waals surface area contributed by atoms with Crippen LogP contribution in [-0.4, -0.2) is 30.6 Å². The molecule has 0 aliphatic rings. The highest BCUT2D eigenvalue weighted by molar-refractivity contribution is 7.15. The smallest absolute Gasteiger partial charge is 0.238 e. The summed E-state index contributed by atoms with van der Waals surface area (Å²) in [6, 6.07) is 8.34. The first kappa shape index (κ1) is 13.8. The summed E-state index contributed by atoms with van der Waals surface area (Å²) in [6.07, 6.45) is 2.02. The standard InChI is InChI=1S/C15H18N4OS/c1-18(2)12-6-4-11(5-7-12)16-10-13-14(20-3)17-15-19(13)8-9-21-15/h4-9,16H,10H2,1-3H3. The van der Waals surface area contributed by atoms with Gasteiger partial charge in [-0.3, -0.25) is 4.40 Å². The van der Waals surface area contributed by atoms with Crippen LogP contribution in [0.25, 0.3) is 4.96 Å². The first-order valence-corrected chi connectivity index (χ1v) is 7.56. The van der Waals surface area contributed by atoms with Gasteiger partial charge in [-0.05, 0) is 24.3 Å². The summed E-state index contributed by atoms with van der Waals surface area (Å²) in [6.45, 7) is 0.669. The van der Waals surface area contributed by atoms with Gasteiger partial charge in [0, 0.05) is 37.0 Å². The first-order chi connectivity index (χ1) is 10.2. The Kier molecular flexibility index (Phi) is 3.70. The van der Waals surface area contributed by atoms with Crippen molar-refractivity contribution < 1.29 is 4.74 Å². The zero-order chi connectivity index (χ0) is 14.8. The number of hydrogen-bond donors (Lipinski definition) is 1. The Morgan fingerprint density at radius 1 is 1.29 bits per heavy atom. The third-order valence-electron chi connectivity index (χ3n) is 3.36. The molecule has 2 heterocycles. The predicted octanol–water partition coefficient (Wildman–Crippen LogP) is 3.08. The summed E-state index contributed by atoms with van der Waals surface area (Å²) in [5, 5.41) is 5.44. The Morgan fingerprint density at radius 2 is 2.05 bits per heavy atom. The number of anilines is 2. The second-order valence-corrected chi connectivity index (χ2v) is 5.79. The average molecular weight is 302 g/mol. The summed E-state index contributed by atoms with van der Waals surface area (Å²) in [5.41, 5.74) is 3.29. The summed E-state index contributed by atoms with van der Waals surface area (Å²) >= 11 is 1.60. The number of benzene rings is 1. The van der Waals surface area contributed by atoms with Gasteiger partial charge in [0.15, 0.2) is 4.96 Å². The molecule has 6 heteroatoms. The van der Waals surface area contributed by atoms with Gasteiger partial charge in [0.1, 0.15) is 5.69 Å². The monoisotopic (exact) mass is 302 g/mol. The molecule has 0 atom stereocenters. The summed E-state index contributed by atoms with van der Waals surface area (Å²) in [5.74, 6) is 0.680. The molecule has 0 amide bonds. The topological polar surface area (TPSA) is 41.8 Å². The maximum absolute atomic E-state index is 5.36. The molecule has 0 aliphatic carbocycles. The fourth-order valence-corrected chi connectivity index (χ4v) is 2.92. The zero-order valence-corrected chi connectivity index (χ0v) is 13.1. The van der Waals surface area contributed by atoms with E-state index in [0.717, 1.165) is 16.3 Å². The van der Waals surface area contributed by atoms with Crippen LogP contribution >= 0.6 is 11.3 Å². The van der Waals surface area contributed by atoms with Crippen LogP contribution < -0.4 is 15.0 Å². The summed E-state index contributed by atoms with van der Waals surface area (Å²) in [7, 11) is 5.72. The number of hydrogen-bond acceptors (Lipinski definition) is 5. The number of fused-ring (bicyclic) bond motifs is 1. The van der Waals surface area contributed by atoms with Crippen LogP contribution in [0, 0.1) is 0 Å². The Labute approximate surface area is 127 Å². The average Bonchev–Trinajstić information content (AvgIpc) is 3.06. The third kappa shape index (κ3) is 2.67. The molecule has 1 N–H and O–H groups in total. The number of thiazole rings is 1. The van der Waals surface area contributed by atoms with Gasteiger partial charge in [-0.25, -0.2) is 0 Å². The molecule has 0 bridgehead atoms. The highest BCUT2D eigenvalue weighted by Gasteiger charge is 2.13. The van der Waals surface area contributed by atoms with Gasteiger partial charge in [0.2, 0.25) is 5.88 Å². The molecular formula is C15H18N4OS. The lowest BCUT2D eigenvalue weighted by atomic mass is 10.2. The molecular weight excluding hydrogens is 284 g/mol. The van der Waals surface area contributed by atoms with E-state index in [1.807, 2.05) is 25.7 Å². The summed E-state index contributed by atoms with van der Waals surface area (Å²) in [4.78, 5) is 7.49. The van der Waals surface area contributed by atoms with Crippen molar-refractivity contribution in [2.45, 2.75) is 6.54 Å². The highest BCUT2D eigenvalue weighted by Crippen LogP contribution is 2.24. The minimum absolute atomic E-state index is 0.669. The van der Waals surface area contributed by atoms with Crippen LogP contribution in [0.1, 0.15) is 5.69 Å². The predicted molar refractivity (Wildman–Crippen MR) is 87.7 cm³/mol. The van der Waals surface area contributed by atoms with E-state index >= 15 is 0 Å². The molecule has 110 valence electrons. The van der Waals surface area contributed by atoms with E-state index in [1.165, 1.54) is 5.69 Å². The maximum Gasteiger partial charge on any atom is 0.238 e. The number of aromatic nitrogens is 2. The van der Waals surface area contributed by atoms with E-state index in [-0.39, 0.29) is 0 Å². The van der Waals surface area contributed by atoms with Crippen molar-refractivity contribution in [2.24, 2.45) is 0 Å². The van der Waals surface area contributed by atoms with E-state index in [0.29, 0.717) is 12.4 Å². The van der Waals surface area contributed by atoms with Crippen molar-refractivity contribution >= 4 is 27.7 Å². The van der Waals surface area contributed by atoms with Crippen LogP contribution in [0.3, 0.4) is 0 Å². The lowest BCUT2D eigenvalue weighted by molar-refractivity contribution is 0.395. The molecule has 0 saturated carbocycles. The Balaban J connectivity index is 1.78. The molecule has 0 radical (unpaired) electrons. The van der Waals surface area contributed by atoms with Crippen molar-refractivity contribution in [2.75, 3.05) is 31.4 Å². The molecule has 5 nitrogen and oxygen atoms in total. The SMILES string of the molecule is COc1nc2sccn2c1CNc1ccc(N(C)C)cc1. The van der Waals surface area contributed by atoms with E-state index in [4.69, 9.17) is 4.74 Å². The van der Waals surface area contributed by atoms with Gasteiger partial charge < -0.3 is 15.0 Å². The fourth-order valence-electron chi connectivity index (χ4n) is 2.20.